The van der Waals surface area contributed by atoms with E-state index in [1.807, 2.05) is 0 Å². The van der Waals surface area contributed by atoms with Gasteiger partial charge in [-0.1, -0.05) is 24.3 Å². The number of rotatable bonds is 4. The molecule has 1 aliphatic carbocycles. The highest BCUT2D eigenvalue weighted by Gasteiger charge is 2.23. The first-order chi connectivity index (χ1) is 12.9. The lowest BCUT2D eigenvalue weighted by Gasteiger charge is -2.30. The summed E-state index contributed by atoms with van der Waals surface area (Å²) in [5, 5.41) is 9.83. The Morgan fingerprint density at radius 3 is 1.54 bits per heavy atom. The molecule has 1 saturated carbocycles. The molecule has 132 valence electrons. The Hall–Kier alpha value is -2.18. The van der Waals surface area contributed by atoms with Gasteiger partial charge in [0, 0.05) is 22.9 Å². The predicted molar refractivity (Wildman–Crippen MR) is 113 cm³/mol. The van der Waals surface area contributed by atoms with Crippen molar-refractivity contribution in [1.82, 2.24) is 8.75 Å². The van der Waals surface area contributed by atoms with Gasteiger partial charge in [0.05, 0.1) is 9.40 Å². The predicted octanol–water partition coefficient (Wildman–Crippen LogP) is 5.74. The highest BCUT2D eigenvalue weighted by Crippen LogP contribution is 2.32. The first-order valence-electron chi connectivity index (χ1n) is 9.09. The Bertz CT molecular complexity index is 946. The van der Waals surface area contributed by atoms with E-state index in [4.69, 9.17) is 0 Å². The second-order valence-corrected chi connectivity index (χ2v) is 8.50. The van der Waals surface area contributed by atoms with Crippen LogP contribution >= 0.6 is 23.1 Å². The van der Waals surface area contributed by atoms with Crippen LogP contribution in [0.4, 0.5) is 11.6 Å². The van der Waals surface area contributed by atoms with E-state index < -0.39 is 0 Å². The van der Waals surface area contributed by atoms with Crippen molar-refractivity contribution < 1.29 is 0 Å². The maximum Gasteiger partial charge on any atom is 0.147 e. The first-order valence-corrected chi connectivity index (χ1v) is 10.6. The lowest BCUT2D eigenvalue weighted by atomic mass is 9.91. The van der Waals surface area contributed by atoms with Gasteiger partial charge in [-0.25, -0.2) is 0 Å². The summed E-state index contributed by atoms with van der Waals surface area (Å²) in [6, 6.07) is 17.9. The molecule has 26 heavy (non-hydrogen) atoms. The van der Waals surface area contributed by atoms with Gasteiger partial charge in [0.1, 0.15) is 11.6 Å². The summed E-state index contributed by atoms with van der Waals surface area (Å²) in [4.78, 5) is 0. The SMILES string of the molecule is c1ccc2c(NC3CCC(Nc4nsc5ccccc45)CC3)nsc2c1. The highest BCUT2D eigenvalue weighted by atomic mass is 32.1. The quantitative estimate of drug-likeness (QED) is 0.474. The molecule has 1 fully saturated rings. The molecule has 2 heterocycles. The molecule has 5 rings (SSSR count). The molecule has 2 aromatic carbocycles. The Labute approximate surface area is 160 Å². The van der Waals surface area contributed by atoms with E-state index in [9.17, 15) is 0 Å². The van der Waals surface area contributed by atoms with Crippen molar-refractivity contribution in [3.05, 3.63) is 48.5 Å². The zero-order chi connectivity index (χ0) is 17.3. The Balaban J connectivity index is 1.22. The molecule has 0 spiro atoms. The van der Waals surface area contributed by atoms with Gasteiger partial charge in [-0.3, -0.25) is 0 Å². The van der Waals surface area contributed by atoms with E-state index in [0.29, 0.717) is 12.1 Å². The van der Waals surface area contributed by atoms with Gasteiger partial charge in [-0.15, -0.1) is 0 Å². The van der Waals surface area contributed by atoms with Crippen LogP contribution in [0.1, 0.15) is 25.7 Å². The lowest BCUT2D eigenvalue weighted by molar-refractivity contribution is 0.428. The molecule has 6 heteroatoms. The fourth-order valence-corrected chi connectivity index (χ4v) is 5.24. The second kappa shape index (κ2) is 6.85. The van der Waals surface area contributed by atoms with E-state index >= 15 is 0 Å². The Kier molecular flexibility index (Phi) is 4.22. The van der Waals surface area contributed by atoms with Crippen molar-refractivity contribution in [3.8, 4) is 0 Å². The molecule has 0 unspecified atom stereocenters. The van der Waals surface area contributed by atoms with Crippen molar-refractivity contribution in [2.75, 3.05) is 10.6 Å². The van der Waals surface area contributed by atoms with Crippen molar-refractivity contribution in [2.45, 2.75) is 37.8 Å². The summed E-state index contributed by atoms with van der Waals surface area (Å²) >= 11 is 3.15. The van der Waals surface area contributed by atoms with E-state index in [-0.39, 0.29) is 0 Å². The molecule has 2 aromatic heterocycles. The van der Waals surface area contributed by atoms with Crippen LogP contribution in [0.15, 0.2) is 48.5 Å². The number of anilines is 2. The summed E-state index contributed by atoms with van der Waals surface area (Å²) in [6.07, 6.45) is 4.63. The van der Waals surface area contributed by atoms with Crippen molar-refractivity contribution in [1.29, 1.82) is 0 Å². The molecule has 4 aromatic rings. The Morgan fingerprint density at radius 1 is 0.654 bits per heavy atom. The van der Waals surface area contributed by atoms with Crippen LogP contribution in [0.5, 0.6) is 0 Å². The van der Waals surface area contributed by atoms with Gasteiger partial charge in [-0.05, 0) is 73.0 Å². The normalized spacial score (nSPS) is 20.5. The number of fused-ring (bicyclic) bond motifs is 2. The van der Waals surface area contributed by atoms with Crippen LogP contribution in [0.3, 0.4) is 0 Å². The molecule has 1 aliphatic rings. The first kappa shape index (κ1) is 16.0. The molecule has 0 radical (unpaired) electrons. The third kappa shape index (κ3) is 3.04. The molecule has 0 amide bonds. The van der Waals surface area contributed by atoms with Crippen LogP contribution in [0.25, 0.3) is 20.2 Å². The maximum atomic E-state index is 4.61. The van der Waals surface area contributed by atoms with Crippen LogP contribution < -0.4 is 10.6 Å². The van der Waals surface area contributed by atoms with E-state index in [1.54, 1.807) is 23.1 Å². The summed E-state index contributed by atoms with van der Waals surface area (Å²) in [6.45, 7) is 0. The number of hydrogen-bond donors (Lipinski definition) is 2. The molecular weight excluding hydrogens is 360 g/mol. The van der Waals surface area contributed by atoms with Gasteiger partial charge < -0.3 is 10.6 Å². The number of hydrogen-bond acceptors (Lipinski definition) is 6. The van der Waals surface area contributed by atoms with E-state index in [2.05, 4.69) is 67.9 Å². The van der Waals surface area contributed by atoms with Crippen LogP contribution in [0.2, 0.25) is 0 Å². The van der Waals surface area contributed by atoms with Crippen LogP contribution in [-0.4, -0.2) is 20.8 Å². The average molecular weight is 381 g/mol. The fourth-order valence-electron chi connectivity index (χ4n) is 3.75. The molecule has 0 atom stereocenters. The maximum absolute atomic E-state index is 4.61. The zero-order valence-electron chi connectivity index (χ0n) is 14.3. The number of aromatic nitrogens is 2. The molecule has 0 saturated heterocycles. The molecular formula is C20H20N4S2. The highest BCUT2D eigenvalue weighted by molar-refractivity contribution is 7.14. The summed E-state index contributed by atoms with van der Waals surface area (Å²) in [7, 11) is 0. The Morgan fingerprint density at radius 2 is 1.08 bits per heavy atom. The molecule has 2 N–H and O–H groups in total. The smallest absolute Gasteiger partial charge is 0.147 e. The average Bonchev–Trinajstić information content (AvgIpc) is 3.28. The summed E-state index contributed by atoms with van der Waals surface area (Å²) in [5.41, 5.74) is 0. The van der Waals surface area contributed by atoms with E-state index in [0.717, 1.165) is 37.3 Å². The molecule has 0 aliphatic heterocycles. The second-order valence-electron chi connectivity index (χ2n) is 6.89. The topological polar surface area (TPSA) is 49.8 Å². The monoisotopic (exact) mass is 380 g/mol. The van der Waals surface area contributed by atoms with Crippen molar-refractivity contribution in [2.24, 2.45) is 0 Å². The fraction of sp³-hybridized carbons (Fsp3) is 0.300. The lowest BCUT2D eigenvalue weighted by Crippen LogP contribution is -2.32. The summed E-state index contributed by atoms with van der Waals surface area (Å²) < 4.78 is 11.7. The minimum absolute atomic E-state index is 0.505. The molecule has 0 bridgehead atoms. The van der Waals surface area contributed by atoms with Gasteiger partial charge in [0.25, 0.3) is 0 Å². The van der Waals surface area contributed by atoms with Gasteiger partial charge in [-0.2, -0.15) is 8.75 Å². The zero-order valence-corrected chi connectivity index (χ0v) is 15.9. The van der Waals surface area contributed by atoms with E-state index in [1.165, 1.54) is 20.2 Å². The standard InChI is InChI=1S/C20H20N4S2/c1-3-7-17-15(5-1)19(23-25-17)21-13-9-11-14(12-10-13)22-20-16-6-2-4-8-18(16)26-24-20/h1-8,13-14H,9-12H2,(H,21,23)(H,22,24). The summed E-state index contributed by atoms with van der Waals surface area (Å²) in [5.74, 6) is 2.10. The van der Waals surface area contributed by atoms with Gasteiger partial charge in [0.2, 0.25) is 0 Å². The minimum atomic E-state index is 0.505. The van der Waals surface area contributed by atoms with Gasteiger partial charge in [0.15, 0.2) is 0 Å². The van der Waals surface area contributed by atoms with Crippen molar-refractivity contribution >= 4 is 54.9 Å². The minimum Gasteiger partial charge on any atom is -0.366 e. The van der Waals surface area contributed by atoms with Crippen molar-refractivity contribution in [3.63, 3.8) is 0 Å². The van der Waals surface area contributed by atoms with Crippen LogP contribution in [-0.2, 0) is 0 Å². The number of benzene rings is 2. The van der Waals surface area contributed by atoms with Gasteiger partial charge >= 0.3 is 0 Å². The largest absolute Gasteiger partial charge is 0.366 e. The van der Waals surface area contributed by atoms with Crippen LogP contribution in [0, 0.1) is 0 Å². The third-order valence-electron chi connectivity index (χ3n) is 5.16. The number of nitrogens with zero attached hydrogens (tertiary/aromatic N) is 2. The number of nitrogens with one attached hydrogen (secondary N) is 2. The third-order valence-corrected chi connectivity index (χ3v) is 6.82. The molecule has 4 nitrogen and oxygen atoms in total.